The number of non-ortho nitro benzene ring substituents is 2. The third kappa shape index (κ3) is 7.49. The molecule has 0 aliphatic heterocycles. The van der Waals surface area contributed by atoms with Gasteiger partial charge in [-0.15, -0.1) is 0 Å². The van der Waals surface area contributed by atoms with Crippen molar-refractivity contribution in [3.8, 4) is 0 Å². The fourth-order valence-corrected chi connectivity index (χ4v) is 7.43. The van der Waals surface area contributed by atoms with Gasteiger partial charge < -0.3 is 9.47 Å². The zero-order valence-electron chi connectivity index (χ0n) is 20.4. The fraction of sp³-hybridized carbons (Fsp3) is 0.435. The Labute approximate surface area is 201 Å². The third-order valence-electron chi connectivity index (χ3n) is 6.36. The molecule has 2 rings (SSSR count). The van der Waals surface area contributed by atoms with Crippen LogP contribution in [0.2, 0.25) is 26.2 Å². The van der Waals surface area contributed by atoms with Crippen molar-refractivity contribution in [3.05, 3.63) is 79.9 Å². The van der Waals surface area contributed by atoms with Crippen LogP contribution in [0.15, 0.2) is 48.5 Å². The highest BCUT2D eigenvalue weighted by molar-refractivity contribution is 6.78. The van der Waals surface area contributed by atoms with Crippen molar-refractivity contribution < 1.29 is 24.1 Å². The van der Waals surface area contributed by atoms with Crippen LogP contribution in [-0.2, 0) is 21.6 Å². The smallest absolute Gasteiger partial charge is 0.435 e. The van der Waals surface area contributed by atoms with E-state index < -0.39 is 32.1 Å². The van der Waals surface area contributed by atoms with E-state index in [1.165, 1.54) is 24.3 Å². The van der Waals surface area contributed by atoms with Gasteiger partial charge in [0.05, 0.1) is 21.3 Å². The van der Waals surface area contributed by atoms with Gasteiger partial charge in [-0.1, -0.05) is 61.6 Å². The van der Waals surface area contributed by atoms with E-state index in [0.29, 0.717) is 12.1 Å². The first kappa shape index (κ1) is 27.2. The van der Waals surface area contributed by atoms with Crippen LogP contribution in [0.5, 0.6) is 0 Å². The Kier molecular flexibility index (Phi) is 8.73. The summed E-state index contributed by atoms with van der Waals surface area (Å²) in [4.78, 5) is 33.4. The number of carbonyl (C=O) groups is 1. The summed E-state index contributed by atoms with van der Waals surface area (Å²) in [6.45, 7) is 12.1. The topological polar surface area (TPSA) is 122 Å². The van der Waals surface area contributed by atoms with Crippen molar-refractivity contribution in [3.63, 3.8) is 0 Å². The summed E-state index contributed by atoms with van der Waals surface area (Å²) in [5.74, 6) is 0. The second-order valence-electron chi connectivity index (χ2n) is 9.95. The Bertz CT molecular complexity index is 943. The monoisotopic (exact) mass is 504 g/mol. The second-order valence-corrected chi connectivity index (χ2v) is 20.2. The zero-order chi connectivity index (χ0) is 25.7. The van der Waals surface area contributed by atoms with Crippen molar-refractivity contribution in [1.82, 2.24) is 0 Å². The van der Waals surface area contributed by atoms with E-state index in [-0.39, 0.29) is 22.8 Å². The molecular weight excluding hydrogens is 472 g/mol. The maximum absolute atomic E-state index is 12.6. The first-order valence-electron chi connectivity index (χ1n) is 11.1. The molecule has 2 unspecified atom stereocenters. The summed E-state index contributed by atoms with van der Waals surface area (Å²) in [6, 6.07) is 14.3. The molecule has 9 nitrogen and oxygen atoms in total. The van der Waals surface area contributed by atoms with Crippen molar-refractivity contribution in [2.75, 3.05) is 0 Å². The molecular formula is C23H32N2O7Si2. The minimum Gasteiger partial charge on any atom is -0.435 e. The van der Waals surface area contributed by atoms with E-state index in [9.17, 15) is 25.0 Å². The molecule has 0 aliphatic carbocycles. The van der Waals surface area contributed by atoms with Crippen LogP contribution < -0.4 is 0 Å². The lowest BCUT2D eigenvalue weighted by molar-refractivity contribution is -0.385. The summed E-state index contributed by atoms with van der Waals surface area (Å²) in [7, 11) is -4.13. The maximum Gasteiger partial charge on any atom is 0.508 e. The molecule has 11 heteroatoms. The number of nitro groups is 2. The normalized spacial score (nSPS) is 13.6. The van der Waals surface area contributed by atoms with Gasteiger partial charge in [0.15, 0.2) is 0 Å². The van der Waals surface area contributed by atoms with E-state index >= 15 is 0 Å². The van der Waals surface area contributed by atoms with E-state index in [2.05, 4.69) is 26.2 Å². The number of hydrogen-bond acceptors (Lipinski definition) is 7. The Morgan fingerprint density at radius 2 is 1.03 bits per heavy atom. The predicted octanol–water partition coefficient (Wildman–Crippen LogP) is 5.79. The van der Waals surface area contributed by atoms with E-state index in [0.717, 1.165) is 11.1 Å². The van der Waals surface area contributed by atoms with E-state index in [4.69, 9.17) is 9.47 Å². The van der Waals surface area contributed by atoms with Gasteiger partial charge in [-0.25, -0.2) is 4.79 Å². The van der Waals surface area contributed by atoms with Gasteiger partial charge >= 0.3 is 6.16 Å². The van der Waals surface area contributed by atoms with Crippen LogP contribution in [-0.4, -0.2) is 43.6 Å². The summed E-state index contributed by atoms with van der Waals surface area (Å²) < 4.78 is 11.3. The lowest BCUT2D eigenvalue weighted by Crippen LogP contribution is -2.48. The van der Waals surface area contributed by atoms with Gasteiger partial charge in [-0.05, 0) is 25.9 Å². The molecule has 0 spiro atoms. The number of ether oxygens (including phenoxy) is 2. The zero-order valence-corrected chi connectivity index (χ0v) is 22.4. The number of carbonyl (C=O) groups excluding carboxylic acids is 1. The molecule has 0 amide bonds. The molecule has 0 bridgehead atoms. The van der Waals surface area contributed by atoms with Crippen LogP contribution in [0.1, 0.15) is 25.0 Å². The van der Waals surface area contributed by atoms with Gasteiger partial charge in [0.1, 0.15) is 16.1 Å². The second kappa shape index (κ2) is 10.9. The van der Waals surface area contributed by atoms with Gasteiger partial charge in [-0.3, -0.25) is 20.2 Å². The average Bonchev–Trinajstić information content (AvgIpc) is 2.73. The van der Waals surface area contributed by atoms with Crippen LogP contribution in [0, 0.1) is 20.2 Å². The Morgan fingerprint density at radius 1 is 0.735 bits per heavy atom. The van der Waals surface area contributed by atoms with E-state index in [1.54, 1.807) is 24.3 Å². The maximum atomic E-state index is 12.6. The lowest BCUT2D eigenvalue weighted by Gasteiger charge is -2.32. The highest BCUT2D eigenvalue weighted by Crippen LogP contribution is 2.23. The summed E-state index contributed by atoms with van der Waals surface area (Å²) in [5, 5.41) is 21.7. The van der Waals surface area contributed by atoms with Crippen molar-refractivity contribution in [1.29, 1.82) is 0 Å². The number of nitro benzene ring substituents is 2. The number of nitrogens with zero attached hydrogens (tertiary/aromatic N) is 2. The van der Waals surface area contributed by atoms with Crippen molar-refractivity contribution >= 4 is 33.7 Å². The molecule has 0 radical (unpaired) electrons. The molecule has 0 saturated heterocycles. The van der Waals surface area contributed by atoms with Gasteiger partial charge in [0.2, 0.25) is 0 Å². The molecule has 34 heavy (non-hydrogen) atoms. The largest absolute Gasteiger partial charge is 0.508 e. The molecule has 2 atom stereocenters. The third-order valence-corrected chi connectivity index (χ3v) is 13.6. The molecule has 0 saturated carbocycles. The quantitative estimate of drug-likeness (QED) is 0.174. The Hall–Kier alpha value is -3.06. The minimum atomic E-state index is -2.06. The first-order valence-corrected chi connectivity index (χ1v) is 17.6. The summed E-state index contributed by atoms with van der Waals surface area (Å²) in [5.41, 5.74) is 1.40. The predicted molar refractivity (Wildman–Crippen MR) is 135 cm³/mol. The summed E-state index contributed by atoms with van der Waals surface area (Å²) >= 11 is 0. The molecule has 0 N–H and O–H groups in total. The van der Waals surface area contributed by atoms with Crippen LogP contribution in [0.25, 0.3) is 0 Å². The molecule has 0 fully saturated rings. The Balaban J connectivity index is 1.94. The standard InChI is InChI=1S/C23H32N2O7Si2/c1-17(33(3,4)15-19-7-11-21(12-8-19)24(27)28)31-23(26)32-18(2)34(5,6)16-20-9-13-22(14-10-20)25(29)30/h7-14,17-18H,15-16H2,1-6H3. The van der Waals surface area contributed by atoms with Crippen LogP contribution in [0.4, 0.5) is 16.2 Å². The highest BCUT2D eigenvalue weighted by Gasteiger charge is 2.36. The molecule has 2 aromatic carbocycles. The molecule has 0 aromatic heterocycles. The average molecular weight is 505 g/mol. The van der Waals surface area contributed by atoms with Gasteiger partial charge in [-0.2, -0.15) is 0 Å². The molecule has 184 valence electrons. The molecule has 2 aromatic rings. The minimum absolute atomic E-state index is 0.0468. The molecule has 0 aliphatic rings. The first-order chi connectivity index (χ1) is 15.7. The number of benzene rings is 2. The van der Waals surface area contributed by atoms with Gasteiger partial charge in [0.25, 0.3) is 11.4 Å². The van der Waals surface area contributed by atoms with Gasteiger partial charge in [0, 0.05) is 24.3 Å². The number of hydrogen-bond donors (Lipinski definition) is 0. The Morgan fingerprint density at radius 3 is 1.29 bits per heavy atom. The fourth-order valence-electron chi connectivity index (χ4n) is 3.45. The molecule has 0 heterocycles. The summed E-state index contributed by atoms with van der Waals surface area (Å²) in [6.07, 6.45) is -0.700. The van der Waals surface area contributed by atoms with E-state index in [1.807, 2.05) is 13.8 Å². The number of rotatable bonds is 10. The van der Waals surface area contributed by atoms with Crippen LogP contribution in [0.3, 0.4) is 0 Å². The highest BCUT2D eigenvalue weighted by atomic mass is 28.3. The van der Waals surface area contributed by atoms with Crippen molar-refractivity contribution in [2.24, 2.45) is 0 Å². The van der Waals surface area contributed by atoms with Crippen molar-refractivity contribution in [2.45, 2.75) is 63.6 Å². The lowest BCUT2D eigenvalue weighted by atomic mass is 10.2. The van der Waals surface area contributed by atoms with Crippen LogP contribution >= 0.6 is 0 Å². The SMILES string of the molecule is CC(OC(=O)OC(C)[Si](C)(C)Cc1ccc([N+](=O)[O-])cc1)[Si](C)(C)Cc1ccc([N+](=O)[O-])cc1.